The largest absolute Gasteiger partial charge is 0.467 e. The average molecular weight is 427 g/mol. The summed E-state index contributed by atoms with van der Waals surface area (Å²) in [5.41, 5.74) is -0.440. The summed E-state index contributed by atoms with van der Waals surface area (Å²) in [6.45, 7) is 0. The smallest absolute Gasteiger partial charge is 0.416 e. The van der Waals surface area contributed by atoms with E-state index < -0.39 is 40.5 Å². The second-order valence-corrected chi connectivity index (χ2v) is 7.74. The van der Waals surface area contributed by atoms with Crippen LogP contribution in [0.5, 0.6) is 0 Å². The van der Waals surface area contributed by atoms with Gasteiger partial charge in [0.1, 0.15) is 6.04 Å². The van der Waals surface area contributed by atoms with Gasteiger partial charge in [-0.3, -0.25) is 9.00 Å². The fourth-order valence-corrected chi connectivity index (χ4v) is 3.69. The molecule has 2 aromatic carbocycles. The third-order valence-electron chi connectivity index (χ3n) is 4.06. The van der Waals surface area contributed by atoms with Gasteiger partial charge in [-0.1, -0.05) is 30.3 Å². The van der Waals surface area contributed by atoms with Crippen molar-refractivity contribution in [1.29, 1.82) is 0 Å². The lowest BCUT2D eigenvalue weighted by Crippen LogP contribution is -2.43. The van der Waals surface area contributed by atoms with E-state index in [1.54, 1.807) is 30.3 Å². The molecule has 1 amide bonds. The van der Waals surface area contributed by atoms with Crippen molar-refractivity contribution in [3.8, 4) is 0 Å². The van der Waals surface area contributed by atoms with Crippen molar-refractivity contribution in [2.24, 2.45) is 0 Å². The maximum absolute atomic E-state index is 12.6. The van der Waals surface area contributed by atoms with E-state index in [0.717, 1.165) is 12.1 Å². The number of rotatable bonds is 8. The van der Waals surface area contributed by atoms with E-state index in [1.807, 2.05) is 0 Å². The van der Waals surface area contributed by atoms with Gasteiger partial charge in [-0.15, -0.1) is 0 Å². The molecule has 0 bridgehead atoms. The van der Waals surface area contributed by atoms with Crippen molar-refractivity contribution in [1.82, 2.24) is 5.32 Å². The lowest BCUT2D eigenvalue weighted by molar-refractivity contribution is -0.145. The Morgan fingerprint density at radius 1 is 1.07 bits per heavy atom. The Labute approximate surface area is 168 Å². The zero-order valence-electron chi connectivity index (χ0n) is 15.6. The normalized spacial score (nSPS) is 13.4. The Bertz CT molecular complexity index is 854. The molecule has 5 nitrogen and oxygen atoms in total. The maximum Gasteiger partial charge on any atom is 0.416 e. The van der Waals surface area contributed by atoms with Crippen molar-refractivity contribution in [2.75, 3.05) is 12.9 Å². The Morgan fingerprint density at radius 2 is 1.69 bits per heavy atom. The van der Waals surface area contributed by atoms with Crippen molar-refractivity contribution >= 4 is 22.7 Å². The van der Waals surface area contributed by atoms with E-state index in [0.29, 0.717) is 10.5 Å². The van der Waals surface area contributed by atoms with E-state index in [1.165, 1.54) is 19.2 Å². The highest BCUT2D eigenvalue weighted by Crippen LogP contribution is 2.29. The number of amides is 1. The highest BCUT2D eigenvalue weighted by Gasteiger charge is 2.30. The maximum atomic E-state index is 12.6. The minimum atomic E-state index is -4.45. The van der Waals surface area contributed by atoms with Crippen LogP contribution >= 0.6 is 0 Å². The number of methoxy groups -OCH3 is 1. The van der Waals surface area contributed by atoms with Crippen LogP contribution in [0.25, 0.3) is 0 Å². The van der Waals surface area contributed by atoms with Gasteiger partial charge in [0.05, 0.1) is 29.9 Å². The van der Waals surface area contributed by atoms with Crippen LogP contribution in [0.4, 0.5) is 13.2 Å². The predicted molar refractivity (Wildman–Crippen MR) is 101 cm³/mol. The average Bonchev–Trinajstić information content (AvgIpc) is 2.70. The zero-order valence-corrected chi connectivity index (χ0v) is 16.4. The lowest BCUT2D eigenvalue weighted by Gasteiger charge is -2.16. The Hall–Kier alpha value is -2.68. The topological polar surface area (TPSA) is 72.5 Å². The molecule has 0 unspecified atom stereocenters. The van der Waals surface area contributed by atoms with Crippen LogP contribution in [0.1, 0.15) is 17.5 Å². The summed E-state index contributed by atoms with van der Waals surface area (Å²) in [5, 5.41) is 2.50. The quantitative estimate of drug-likeness (QED) is 0.657. The molecule has 0 saturated carbocycles. The van der Waals surface area contributed by atoms with Gasteiger partial charge in [0.2, 0.25) is 5.91 Å². The van der Waals surface area contributed by atoms with Gasteiger partial charge in [0.15, 0.2) is 0 Å². The number of alkyl halides is 3. The molecule has 1 N–H and O–H groups in total. The summed E-state index contributed by atoms with van der Waals surface area (Å²) in [4.78, 5) is 24.8. The molecule has 0 aliphatic rings. The first-order chi connectivity index (χ1) is 13.7. The van der Waals surface area contributed by atoms with Crippen LogP contribution in [0.2, 0.25) is 0 Å². The summed E-state index contributed by atoms with van der Waals surface area (Å²) >= 11 is 0. The predicted octanol–water partition coefficient (Wildman–Crippen LogP) is 3.10. The third-order valence-corrected chi connectivity index (χ3v) is 5.47. The van der Waals surface area contributed by atoms with Gasteiger partial charge in [-0.05, 0) is 36.2 Å². The fourth-order valence-electron chi connectivity index (χ4n) is 2.55. The summed E-state index contributed by atoms with van der Waals surface area (Å²) in [5.74, 6) is -1.11. The summed E-state index contributed by atoms with van der Waals surface area (Å²) in [6, 6.07) is 11.9. The molecule has 29 heavy (non-hydrogen) atoms. The number of carbonyl (C=O) groups is 2. The van der Waals surface area contributed by atoms with Crippen LogP contribution in [0.3, 0.4) is 0 Å². The minimum Gasteiger partial charge on any atom is -0.467 e. The van der Waals surface area contributed by atoms with E-state index in [-0.39, 0.29) is 18.6 Å². The summed E-state index contributed by atoms with van der Waals surface area (Å²) in [7, 11) is -0.180. The van der Waals surface area contributed by atoms with Crippen LogP contribution in [0.15, 0.2) is 59.5 Å². The molecule has 0 aromatic heterocycles. The van der Waals surface area contributed by atoms with Crippen molar-refractivity contribution < 1.29 is 31.7 Å². The van der Waals surface area contributed by atoms with Crippen LogP contribution in [-0.2, 0) is 37.7 Å². The molecule has 0 heterocycles. The highest BCUT2D eigenvalue weighted by molar-refractivity contribution is 7.85. The lowest BCUT2D eigenvalue weighted by atomic mass is 10.1. The highest BCUT2D eigenvalue weighted by atomic mass is 32.2. The van der Waals surface area contributed by atoms with Gasteiger partial charge in [-0.2, -0.15) is 13.2 Å². The second kappa shape index (κ2) is 10.2. The molecule has 2 atom stereocenters. The van der Waals surface area contributed by atoms with Crippen LogP contribution in [-0.4, -0.2) is 35.0 Å². The number of ether oxygens (including phenoxy) is 1. The third kappa shape index (κ3) is 7.01. The number of nitrogens with one attached hydrogen (secondary N) is 1. The minimum absolute atomic E-state index is 0.0902. The molecule has 0 fully saturated rings. The fraction of sp³-hybridized carbons (Fsp3) is 0.300. The standard InChI is InChI=1S/C20H20F3NO4S/c1-28-19(26)17(11-12-29(27)16-5-3-2-4-6-16)24-18(25)13-14-7-9-15(10-8-14)20(21,22)23/h2-10,17H,11-13H2,1H3,(H,24,25)/t17-,29-/m1/s1. The molecule has 2 aromatic rings. The zero-order chi connectivity index (χ0) is 21.4. The number of carbonyl (C=O) groups excluding carboxylic acids is 2. The SMILES string of the molecule is COC(=O)[C@@H](CC[S@@](=O)c1ccccc1)NC(=O)Cc1ccc(C(F)(F)F)cc1. The number of hydrogen-bond donors (Lipinski definition) is 1. The van der Waals surface area contributed by atoms with Gasteiger partial charge < -0.3 is 10.1 Å². The first kappa shape index (κ1) is 22.6. The van der Waals surface area contributed by atoms with E-state index in [4.69, 9.17) is 0 Å². The molecule has 0 aliphatic heterocycles. The first-order valence-corrected chi connectivity index (χ1v) is 9.99. The van der Waals surface area contributed by atoms with Gasteiger partial charge in [0, 0.05) is 10.6 Å². The molecular weight excluding hydrogens is 407 g/mol. The molecule has 0 saturated heterocycles. The molecule has 0 radical (unpaired) electrons. The number of benzene rings is 2. The molecule has 9 heteroatoms. The van der Waals surface area contributed by atoms with E-state index >= 15 is 0 Å². The Kier molecular flexibility index (Phi) is 7.95. The second-order valence-electron chi connectivity index (χ2n) is 6.17. The van der Waals surface area contributed by atoms with E-state index in [9.17, 15) is 27.0 Å². The summed E-state index contributed by atoms with van der Waals surface area (Å²) < 4.78 is 54.8. The summed E-state index contributed by atoms with van der Waals surface area (Å²) in [6.07, 6.45) is -4.56. The van der Waals surface area contributed by atoms with Gasteiger partial charge in [0.25, 0.3) is 0 Å². The van der Waals surface area contributed by atoms with Crippen LogP contribution < -0.4 is 5.32 Å². The first-order valence-electron chi connectivity index (χ1n) is 8.67. The van der Waals surface area contributed by atoms with E-state index in [2.05, 4.69) is 10.1 Å². The van der Waals surface area contributed by atoms with Crippen LogP contribution in [0, 0.1) is 0 Å². The molecule has 156 valence electrons. The monoisotopic (exact) mass is 427 g/mol. The number of halogens is 3. The molecule has 2 rings (SSSR count). The molecular formula is C20H20F3NO4S. The number of esters is 1. The molecule has 0 aliphatic carbocycles. The molecule has 0 spiro atoms. The van der Waals surface area contributed by atoms with Crippen molar-refractivity contribution in [3.05, 3.63) is 65.7 Å². The Balaban J connectivity index is 1.96. The Morgan fingerprint density at radius 3 is 2.24 bits per heavy atom. The van der Waals surface area contributed by atoms with Gasteiger partial charge in [-0.25, -0.2) is 4.79 Å². The van der Waals surface area contributed by atoms with Crippen molar-refractivity contribution in [3.63, 3.8) is 0 Å². The number of hydrogen-bond acceptors (Lipinski definition) is 4. The van der Waals surface area contributed by atoms with Gasteiger partial charge >= 0.3 is 12.1 Å². The van der Waals surface area contributed by atoms with Crippen molar-refractivity contribution in [2.45, 2.75) is 30.0 Å².